The fourth-order valence-corrected chi connectivity index (χ4v) is 0.669. The summed E-state index contributed by atoms with van der Waals surface area (Å²) in [7, 11) is 0. The van der Waals surface area contributed by atoms with E-state index >= 15 is 0 Å². The number of nitrogens with one attached hydrogen (secondary N) is 1. The third-order valence-corrected chi connectivity index (χ3v) is 1.23. The van der Waals surface area contributed by atoms with Crippen molar-refractivity contribution in [1.82, 2.24) is 5.32 Å². The molecule has 4 heteroatoms. The smallest absolute Gasteiger partial charge is 0.108 e. The average Bonchev–Trinajstić information content (AvgIpc) is 1.87. The molecule has 0 aromatic heterocycles. The van der Waals surface area contributed by atoms with Crippen LogP contribution in [0, 0.1) is 0 Å². The number of ketones is 1. The van der Waals surface area contributed by atoms with E-state index in [-0.39, 0.29) is 44.9 Å². The molecular formula is C8H14NO2Y-. The van der Waals surface area contributed by atoms with Gasteiger partial charge in [-0.2, -0.15) is 0 Å². The molecule has 0 bridgehead atoms. The molecule has 0 atom stereocenters. The monoisotopic (exact) mass is 245 g/mol. The van der Waals surface area contributed by atoms with Crippen LogP contribution in [0.3, 0.4) is 0 Å². The van der Waals surface area contributed by atoms with Gasteiger partial charge in [0.25, 0.3) is 0 Å². The predicted octanol–water partition coefficient (Wildman–Crippen LogP) is 0.441. The van der Waals surface area contributed by atoms with Crippen molar-refractivity contribution in [1.29, 1.82) is 0 Å². The van der Waals surface area contributed by atoms with E-state index in [9.17, 15) is 9.59 Å². The van der Waals surface area contributed by atoms with Crippen LogP contribution in [0.25, 0.3) is 0 Å². The minimum absolute atomic E-state index is 0. The first kappa shape index (κ1) is 14.9. The van der Waals surface area contributed by atoms with Gasteiger partial charge in [0.1, 0.15) is 5.78 Å². The maximum atomic E-state index is 10.7. The molecule has 1 N–H and O–H groups in total. The van der Waals surface area contributed by atoms with Crippen LogP contribution in [0.5, 0.6) is 0 Å². The maximum Gasteiger partial charge on any atom is 0.108 e. The van der Waals surface area contributed by atoms with Crippen LogP contribution in [0.15, 0.2) is 0 Å². The normalized spacial score (nSPS) is 9.25. The Morgan fingerprint density at radius 2 is 2.08 bits per heavy atom. The summed E-state index contributed by atoms with van der Waals surface area (Å²) in [6, 6.07) is 0.392. The minimum Gasteiger partial charge on any atom is -0.541 e. The Morgan fingerprint density at radius 1 is 1.50 bits per heavy atom. The zero-order chi connectivity index (χ0) is 8.69. The summed E-state index contributed by atoms with van der Waals surface area (Å²) in [5, 5.41) is 3.08. The number of hydrogen-bond donors (Lipinski definition) is 1. The number of hydrogen-bond acceptors (Lipinski definition) is 3. The molecule has 0 aliphatic carbocycles. The largest absolute Gasteiger partial charge is 0.541 e. The Hall–Kier alpha value is 0.404. The molecule has 0 aromatic rings. The first-order chi connectivity index (χ1) is 5.16. The molecular weight excluding hydrogens is 231 g/mol. The number of carbonyl (C=O) groups is 1. The summed E-state index contributed by atoms with van der Waals surface area (Å²) in [5.41, 5.74) is 0. The van der Waals surface area contributed by atoms with Gasteiger partial charge in [0.2, 0.25) is 0 Å². The third-order valence-electron chi connectivity index (χ3n) is 1.23. The second kappa shape index (κ2) is 9.49. The standard InChI is InChI=1S/C8H14NO2.Y/c1-7(2)9-5-3-8(11)4-6-10;/h7,9H,3-5H2,1-2H3;/q-1;. The Balaban J connectivity index is 0. The van der Waals surface area contributed by atoms with Crippen LogP contribution in [-0.4, -0.2) is 24.7 Å². The molecule has 0 rings (SSSR count). The molecule has 0 saturated heterocycles. The molecule has 0 fully saturated rings. The van der Waals surface area contributed by atoms with Crippen molar-refractivity contribution in [2.75, 3.05) is 6.54 Å². The Morgan fingerprint density at radius 3 is 2.50 bits per heavy atom. The van der Waals surface area contributed by atoms with Gasteiger partial charge in [-0.05, 0) is 0 Å². The van der Waals surface area contributed by atoms with Gasteiger partial charge in [-0.1, -0.05) is 20.3 Å². The fourth-order valence-electron chi connectivity index (χ4n) is 0.669. The molecule has 67 valence electrons. The number of Topliss-reactive ketones (excluding diaryl/α,β-unsaturated/α-hetero) is 1. The van der Waals surface area contributed by atoms with E-state index < -0.39 is 0 Å². The van der Waals surface area contributed by atoms with Crippen molar-refractivity contribution in [2.24, 2.45) is 0 Å². The third kappa shape index (κ3) is 10.4. The Labute approximate surface area is 98.6 Å². The molecule has 12 heavy (non-hydrogen) atoms. The summed E-state index contributed by atoms with van der Waals surface area (Å²) < 4.78 is 0. The first-order valence-corrected chi connectivity index (χ1v) is 3.77. The van der Waals surface area contributed by atoms with Gasteiger partial charge in [0.15, 0.2) is 0 Å². The second-order valence-corrected chi connectivity index (χ2v) is 2.72. The van der Waals surface area contributed by atoms with Crippen LogP contribution in [0.2, 0.25) is 0 Å². The predicted molar refractivity (Wildman–Crippen MR) is 43.1 cm³/mol. The van der Waals surface area contributed by atoms with Crippen molar-refractivity contribution in [3.8, 4) is 0 Å². The molecule has 0 unspecified atom stereocenters. The van der Waals surface area contributed by atoms with Gasteiger partial charge in [-0.25, -0.2) is 0 Å². The zero-order valence-electron chi connectivity index (χ0n) is 7.59. The van der Waals surface area contributed by atoms with E-state index in [2.05, 4.69) is 5.32 Å². The van der Waals surface area contributed by atoms with E-state index in [0.717, 1.165) is 0 Å². The Bertz CT molecular complexity index is 137. The molecule has 0 aliphatic rings. The van der Waals surface area contributed by atoms with Crippen molar-refractivity contribution in [3.63, 3.8) is 0 Å². The van der Waals surface area contributed by atoms with Gasteiger partial charge in [-0.15, -0.1) is 0 Å². The van der Waals surface area contributed by atoms with Gasteiger partial charge in [-0.3, -0.25) is 6.29 Å². The SMILES string of the molecule is CC(C)NCCC(=O)C[C-]=O.[Y]. The topological polar surface area (TPSA) is 46.2 Å². The van der Waals surface area contributed by atoms with Crippen LogP contribution < -0.4 is 5.32 Å². The molecule has 0 aliphatic heterocycles. The molecule has 0 aromatic carbocycles. The van der Waals surface area contributed by atoms with E-state index in [0.29, 0.717) is 19.0 Å². The number of rotatable bonds is 6. The summed E-state index contributed by atoms with van der Waals surface area (Å²) >= 11 is 0. The molecule has 0 spiro atoms. The summed E-state index contributed by atoms with van der Waals surface area (Å²) in [5.74, 6) is -0.0480. The first-order valence-electron chi connectivity index (χ1n) is 3.77. The molecule has 0 amide bonds. The summed E-state index contributed by atoms with van der Waals surface area (Å²) in [4.78, 5) is 20.5. The summed E-state index contributed by atoms with van der Waals surface area (Å²) in [6.07, 6.45) is 1.93. The van der Waals surface area contributed by atoms with Gasteiger partial charge >= 0.3 is 0 Å². The Kier molecular flexibility index (Phi) is 11.8. The van der Waals surface area contributed by atoms with Crippen LogP contribution >= 0.6 is 0 Å². The van der Waals surface area contributed by atoms with Gasteiger partial charge in [0, 0.05) is 51.7 Å². The molecule has 3 nitrogen and oxygen atoms in total. The minimum atomic E-state index is -0.0697. The average molecular weight is 245 g/mol. The molecule has 1 radical (unpaired) electrons. The van der Waals surface area contributed by atoms with Crippen molar-refractivity contribution >= 4 is 12.1 Å². The van der Waals surface area contributed by atoms with Crippen LogP contribution in [-0.2, 0) is 42.3 Å². The molecule has 0 saturated carbocycles. The van der Waals surface area contributed by atoms with Crippen LogP contribution in [0.1, 0.15) is 26.7 Å². The number of carbonyl (C=O) groups excluding carboxylic acids is 2. The van der Waals surface area contributed by atoms with Crippen molar-refractivity contribution in [3.05, 3.63) is 0 Å². The fraction of sp³-hybridized carbons (Fsp3) is 0.750. The van der Waals surface area contributed by atoms with E-state index in [4.69, 9.17) is 0 Å². The van der Waals surface area contributed by atoms with E-state index in [1.54, 1.807) is 6.29 Å². The summed E-state index contributed by atoms with van der Waals surface area (Å²) in [6.45, 7) is 4.67. The van der Waals surface area contributed by atoms with E-state index in [1.165, 1.54) is 0 Å². The van der Waals surface area contributed by atoms with Gasteiger partial charge < -0.3 is 14.9 Å². The van der Waals surface area contributed by atoms with Crippen molar-refractivity contribution in [2.45, 2.75) is 32.7 Å². The quantitative estimate of drug-likeness (QED) is 0.545. The van der Waals surface area contributed by atoms with Crippen molar-refractivity contribution < 1.29 is 42.3 Å². The van der Waals surface area contributed by atoms with Crippen LogP contribution in [0.4, 0.5) is 0 Å². The molecule has 0 heterocycles. The zero-order valence-corrected chi connectivity index (χ0v) is 10.4. The van der Waals surface area contributed by atoms with E-state index in [1.807, 2.05) is 13.8 Å². The maximum absolute atomic E-state index is 10.7. The second-order valence-electron chi connectivity index (χ2n) is 2.72. The van der Waals surface area contributed by atoms with Gasteiger partial charge in [0.05, 0.1) is 0 Å².